The van der Waals surface area contributed by atoms with Gasteiger partial charge in [-0.05, 0) is 69.7 Å². The topological polar surface area (TPSA) is 65.6 Å². The number of fused-ring (bicyclic) bond motifs is 1. The van der Waals surface area contributed by atoms with Crippen molar-refractivity contribution in [3.8, 4) is 0 Å². The summed E-state index contributed by atoms with van der Waals surface area (Å²) in [5.41, 5.74) is 0.663. The number of aromatic amines is 1. The number of halogens is 1. The first-order valence-electron chi connectivity index (χ1n) is 9.34. The zero-order chi connectivity index (χ0) is 18.5. The third kappa shape index (κ3) is 2.50. The van der Waals surface area contributed by atoms with Crippen LogP contribution in [0.4, 0.5) is 9.18 Å². The van der Waals surface area contributed by atoms with Gasteiger partial charge in [-0.1, -0.05) is 6.42 Å². The highest BCUT2D eigenvalue weighted by atomic mass is 19.1. The molecule has 1 aliphatic heterocycles. The van der Waals surface area contributed by atoms with E-state index in [2.05, 4.69) is 4.98 Å². The Balaban J connectivity index is 1.59. The fourth-order valence-corrected chi connectivity index (χ4v) is 4.65. The van der Waals surface area contributed by atoms with E-state index in [1.807, 2.05) is 6.92 Å². The van der Waals surface area contributed by atoms with E-state index >= 15 is 0 Å². The number of amides is 1. The van der Waals surface area contributed by atoms with Crippen LogP contribution < -0.4 is 0 Å². The number of aromatic nitrogens is 1. The molecule has 26 heavy (non-hydrogen) atoms. The number of hydrogen-bond donors (Lipinski definition) is 2. The van der Waals surface area contributed by atoms with Gasteiger partial charge in [0, 0.05) is 23.1 Å². The van der Waals surface area contributed by atoms with Crippen molar-refractivity contribution in [2.75, 3.05) is 6.54 Å². The van der Waals surface area contributed by atoms with E-state index in [1.165, 1.54) is 17.0 Å². The number of benzene rings is 1. The Kier molecular flexibility index (Phi) is 3.99. The predicted octanol–water partition coefficient (Wildman–Crippen LogP) is 4.02. The molecule has 1 aromatic heterocycles. The van der Waals surface area contributed by atoms with E-state index in [4.69, 9.17) is 4.74 Å². The second-order valence-corrected chi connectivity index (χ2v) is 7.76. The number of aliphatic hydroxyl groups is 1. The van der Waals surface area contributed by atoms with Crippen LogP contribution in [-0.4, -0.2) is 39.0 Å². The molecule has 140 valence electrons. The molecule has 6 heteroatoms. The summed E-state index contributed by atoms with van der Waals surface area (Å²) in [5, 5.41) is 12.0. The monoisotopic (exact) mass is 360 g/mol. The molecule has 0 bridgehead atoms. The van der Waals surface area contributed by atoms with Crippen LogP contribution in [0.2, 0.25) is 0 Å². The van der Waals surface area contributed by atoms with Crippen molar-refractivity contribution in [3.63, 3.8) is 0 Å². The van der Waals surface area contributed by atoms with Gasteiger partial charge in [0.15, 0.2) is 11.3 Å². The number of rotatable bonds is 3. The van der Waals surface area contributed by atoms with Crippen molar-refractivity contribution in [1.29, 1.82) is 0 Å². The Labute approximate surface area is 152 Å². The van der Waals surface area contributed by atoms with Crippen LogP contribution in [0.15, 0.2) is 18.2 Å². The van der Waals surface area contributed by atoms with Crippen molar-refractivity contribution in [2.24, 2.45) is 0 Å². The van der Waals surface area contributed by atoms with E-state index in [9.17, 15) is 14.3 Å². The quantitative estimate of drug-likeness (QED) is 0.869. The maximum Gasteiger partial charge on any atom is 0.412 e. The van der Waals surface area contributed by atoms with Gasteiger partial charge in [0.05, 0.1) is 0 Å². The summed E-state index contributed by atoms with van der Waals surface area (Å²) in [6, 6.07) is 4.66. The molecule has 1 amide bonds. The van der Waals surface area contributed by atoms with Gasteiger partial charge in [-0.3, -0.25) is 4.90 Å². The third-order valence-electron chi connectivity index (χ3n) is 6.22. The third-order valence-corrected chi connectivity index (χ3v) is 6.22. The normalized spacial score (nSPS) is 25.2. The second-order valence-electron chi connectivity index (χ2n) is 7.76. The number of H-pyrrole nitrogens is 1. The van der Waals surface area contributed by atoms with Crippen LogP contribution in [0.5, 0.6) is 0 Å². The Morgan fingerprint density at radius 3 is 2.77 bits per heavy atom. The van der Waals surface area contributed by atoms with Gasteiger partial charge in [0.2, 0.25) is 0 Å². The van der Waals surface area contributed by atoms with E-state index in [0.717, 1.165) is 41.4 Å². The summed E-state index contributed by atoms with van der Waals surface area (Å²) in [6.07, 6.45) is 4.47. The van der Waals surface area contributed by atoms with Crippen molar-refractivity contribution < 1.29 is 19.0 Å². The SMILES string of the molecule is Cc1[nH]c2ccc(F)cc2c1CCN1C(=O)OC2(CCCCC2)C1(C)O. The molecule has 2 aliphatic rings. The van der Waals surface area contributed by atoms with Gasteiger partial charge in [-0.15, -0.1) is 0 Å². The molecule has 1 aliphatic carbocycles. The van der Waals surface area contributed by atoms with Crippen molar-refractivity contribution >= 4 is 17.0 Å². The van der Waals surface area contributed by atoms with Crippen LogP contribution in [0.25, 0.3) is 10.9 Å². The molecule has 2 fully saturated rings. The Morgan fingerprint density at radius 1 is 1.31 bits per heavy atom. The van der Waals surface area contributed by atoms with Gasteiger partial charge in [0.1, 0.15) is 5.82 Å². The number of carbonyl (C=O) groups excluding carboxylic acids is 1. The largest absolute Gasteiger partial charge is 0.438 e. The summed E-state index contributed by atoms with van der Waals surface area (Å²) in [7, 11) is 0. The first-order chi connectivity index (χ1) is 12.3. The van der Waals surface area contributed by atoms with Crippen LogP contribution in [0, 0.1) is 12.7 Å². The van der Waals surface area contributed by atoms with Crippen molar-refractivity contribution in [1.82, 2.24) is 9.88 Å². The van der Waals surface area contributed by atoms with Crippen LogP contribution in [0.3, 0.4) is 0 Å². The minimum absolute atomic E-state index is 0.286. The predicted molar refractivity (Wildman–Crippen MR) is 96.3 cm³/mol. The summed E-state index contributed by atoms with van der Waals surface area (Å²) in [5.74, 6) is -0.286. The molecule has 4 rings (SSSR count). The smallest absolute Gasteiger partial charge is 0.412 e. The van der Waals surface area contributed by atoms with Crippen LogP contribution in [-0.2, 0) is 11.2 Å². The number of hydrogen-bond acceptors (Lipinski definition) is 3. The lowest BCUT2D eigenvalue weighted by Gasteiger charge is -2.42. The Hall–Kier alpha value is -2.08. The lowest BCUT2D eigenvalue weighted by atomic mass is 9.77. The zero-order valence-electron chi connectivity index (χ0n) is 15.3. The Morgan fingerprint density at radius 2 is 2.04 bits per heavy atom. The van der Waals surface area contributed by atoms with E-state index in [1.54, 1.807) is 13.0 Å². The number of carbonyl (C=O) groups is 1. The summed E-state index contributed by atoms with van der Waals surface area (Å²) < 4.78 is 19.3. The average molecular weight is 360 g/mol. The van der Waals surface area contributed by atoms with Gasteiger partial charge in [-0.2, -0.15) is 0 Å². The highest BCUT2D eigenvalue weighted by molar-refractivity contribution is 5.84. The second kappa shape index (κ2) is 5.98. The fraction of sp³-hybridized carbons (Fsp3) is 0.550. The van der Waals surface area contributed by atoms with Crippen molar-refractivity contribution in [3.05, 3.63) is 35.3 Å². The average Bonchev–Trinajstić information content (AvgIpc) is 2.98. The highest BCUT2D eigenvalue weighted by Gasteiger charge is 2.61. The molecule has 0 radical (unpaired) electrons. The molecular formula is C20H25FN2O3. The van der Waals surface area contributed by atoms with Crippen LogP contribution >= 0.6 is 0 Å². The molecule has 2 N–H and O–H groups in total. The van der Waals surface area contributed by atoms with Gasteiger partial charge in [0.25, 0.3) is 0 Å². The maximum absolute atomic E-state index is 13.7. The van der Waals surface area contributed by atoms with Crippen molar-refractivity contribution in [2.45, 2.75) is 63.7 Å². The molecule has 2 heterocycles. The molecule has 2 aromatic rings. The molecule has 1 atom stereocenters. The molecule has 1 aromatic carbocycles. The molecule has 1 unspecified atom stereocenters. The van der Waals surface area contributed by atoms with E-state index < -0.39 is 17.4 Å². The minimum atomic E-state index is -1.32. The van der Waals surface area contributed by atoms with E-state index in [0.29, 0.717) is 25.8 Å². The standard InChI is InChI=1S/C20H25FN2O3/c1-13-15(16-12-14(21)6-7-17(16)22-13)8-11-23-18(24)26-20(19(23,2)25)9-4-3-5-10-20/h6-7,12,22,25H,3-5,8-11H2,1-2H3. The maximum atomic E-state index is 13.7. The molecule has 1 saturated heterocycles. The Bertz CT molecular complexity index is 852. The lowest BCUT2D eigenvalue weighted by molar-refractivity contribution is -0.158. The van der Waals surface area contributed by atoms with Crippen LogP contribution in [0.1, 0.15) is 50.3 Å². The van der Waals surface area contributed by atoms with Gasteiger partial charge in [-0.25, -0.2) is 9.18 Å². The van der Waals surface area contributed by atoms with E-state index in [-0.39, 0.29) is 5.82 Å². The lowest BCUT2D eigenvalue weighted by Crippen LogP contribution is -2.57. The summed E-state index contributed by atoms with van der Waals surface area (Å²) in [4.78, 5) is 17.2. The number of aryl methyl sites for hydroxylation is 1. The fourth-order valence-electron chi connectivity index (χ4n) is 4.65. The summed E-state index contributed by atoms with van der Waals surface area (Å²) in [6.45, 7) is 3.96. The molecule has 5 nitrogen and oxygen atoms in total. The van der Waals surface area contributed by atoms with Gasteiger partial charge >= 0.3 is 6.09 Å². The molecule has 1 saturated carbocycles. The molecular weight excluding hydrogens is 335 g/mol. The highest BCUT2D eigenvalue weighted by Crippen LogP contribution is 2.47. The van der Waals surface area contributed by atoms with Gasteiger partial charge < -0.3 is 14.8 Å². The number of nitrogens with zero attached hydrogens (tertiary/aromatic N) is 1. The molecule has 1 spiro atoms. The number of nitrogens with one attached hydrogen (secondary N) is 1. The first kappa shape index (κ1) is 17.3. The minimum Gasteiger partial charge on any atom is -0.438 e. The zero-order valence-corrected chi connectivity index (χ0v) is 15.3. The summed E-state index contributed by atoms with van der Waals surface area (Å²) >= 11 is 0. The number of ether oxygens (including phenoxy) is 1. The first-order valence-corrected chi connectivity index (χ1v) is 9.34.